The summed E-state index contributed by atoms with van der Waals surface area (Å²) in [6.07, 6.45) is 6.81. The third-order valence-electron chi connectivity index (χ3n) is 5.22. The number of hydrogen-bond donors (Lipinski definition) is 2. The second-order valence-corrected chi connectivity index (χ2v) is 7.46. The first-order valence-electron chi connectivity index (χ1n) is 9.38. The minimum absolute atomic E-state index is 0. The molecule has 4 rings (SSSR count). The van der Waals surface area contributed by atoms with Crippen molar-refractivity contribution in [1.29, 1.82) is 0 Å². The van der Waals surface area contributed by atoms with Crippen LogP contribution in [0.4, 0.5) is 5.69 Å². The van der Waals surface area contributed by atoms with Gasteiger partial charge in [0.2, 0.25) is 0 Å². The molecule has 3 nitrogen and oxygen atoms in total. The summed E-state index contributed by atoms with van der Waals surface area (Å²) >= 11 is 6.12. The van der Waals surface area contributed by atoms with Crippen LogP contribution in [-0.2, 0) is 6.54 Å². The lowest BCUT2D eigenvalue weighted by Gasteiger charge is -2.34. The molecule has 27 heavy (non-hydrogen) atoms. The Labute approximate surface area is 171 Å². The lowest BCUT2D eigenvalue weighted by molar-refractivity contribution is 0.342. The van der Waals surface area contributed by atoms with Gasteiger partial charge in [-0.1, -0.05) is 54.8 Å². The Bertz CT molecular complexity index is 870. The lowest BCUT2D eigenvalue weighted by atomic mass is 9.89. The number of anilines is 1. The lowest BCUT2D eigenvalue weighted by Crippen LogP contribution is -2.45. The predicted octanol–water partition coefficient (Wildman–Crippen LogP) is 5.82. The van der Waals surface area contributed by atoms with Gasteiger partial charge in [0, 0.05) is 40.9 Å². The molecule has 1 saturated carbocycles. The van der Waals surface area contributed by atoms with Crippen molar-refractivity contribution in [2.45, 2.75) is 44.3 Å². The van der Waals surface area contributed by atoms with Crippen LogP contribution in [0.5, 0.6) is 0 Å². The Balaban J connectivity index is 0.00000210. The molecule has 2 aromatic carbocycles. The fourth-order valence-corrected chi connectivity index (χ4v) is 4.01. The van der Waals surface area contributed by atoms with Crippen molar-refractivity contribution < 1.29 is 0 Å². The van der Waals surface area contributed by atoms with Crippen LogP contribution in [0.15, 0.2) is 60.8 Å². The summed E-state index contributed by atoms with van der Waals surface area (Å²) in [7, 11) is 0. The van der Waals surface area contributed by atoms with Crippen LogP contribution in [0, 0.1) is 0 Å². The van der Waals surface area contributed by atoms with Gasteiger partial charge in [-0.05, 0) is 42.7 Å². The van der Waals surface area contributed by atoms with Crippen LogP contribution < -0.4 is 10.6 Å². The molecule has 142 valence electrons. The van der Waals surface area contributed by atoms with Crippen molar-refractivity contribution in [2.75, 3.05) is 5.32 Å². The number of hydrogen-bond acceptors (Lipinski definition) is 3. The summed E-state index contributed by atoms with van der Waals surface area (Å²) in [5, 5.41) is 9.40. The molecule has 5 heteroatoms. The monoisotopic (exact) mass is 401 g/mol. The van der Waals surface area contributed by atoms with Gasteiger partial charge in [0.1, 0.15) is 0 Å². The average Bonchev–Trinajstić information content (AvgIpc) is 2.68. The number of nitrogens with zero attached hydrogens (tertiary/aromatic N) is 1. The van der Waals surface area contributed by atoms with E-state index in [-0.39, 0.29) is 12.4 Å². The highest BCUT2D eigenvalue weighted by Gasteiger charge is 2.25. The summed E-state index contributed by atoms with van der Waals surface area (Å²) in [4.78, 5) is 4.45. The molecule has 0 saturated heterocycles. The zero-order valence-corrected chi connectivity index (χ0v) is 16.8. The van der Waals surface area contributed by atoms with Crippen LogP contribution >= 0.6 is 24.0 Å². The Morgan fingerprint density at radius 3 is 2.56 bits per heavy atom. The number of rotatable bonds is 5. The molecule has 1 aliphatic rings. The quantitative estimate of drug-likeness (QED) is 0.564. The third-order valence-corrected chi connectivity index (χ3v) is 5.46. The van der Waals surface area contributed by atoms with Gasteiger partial charge in [-0.15, -0.1) is 12.4 Å². The van der Waals surface area contributed by atoms with Crippen molar-refractivity contribution in [1.82, 2.24) is 10.3 Å². The van der Waals surface area contributed by atoms with E-state index < -0.39 is 0 Å². The molecular formula is C22H25Cl2N3. The molecule has 3 aromatic rings. The molecule has 2 atom stereocenters. The fraction of sp³-hybridized carbons (Fsp3) is 0.318. The van der Waals surface area contributed by atoms with Gasteiger partial charge >= 0.3 is 0 Å². The molecule has 0 bridgehead atoms. The van der Waals surface area contributed by atoms with Crippen molar-refractivity contribution in [3.05, 3.63) is 71.4 Å². The zero-order valence-electron chi connectivity index (χ0n) is 15.2. The molecule has 1 aliphatic carbocycles. The van der Waals surface area contributed by atoms with E-state index >= 15 is 0 Å². The minimum atomic E-state index is 0. The van der Waals surface area contributed by atoms with Crippen LogP contribution in [0.1, 0.15) is 31.2 Å². The van der Waals surface area contributed by atoms with Crippen molar-refractivity contribution in [2.24, 2.45) is 0 Å². The Kier molecular flexibility index (Phi) is 6.95. The summed E-state index contributed by atoms with van der Waals surface area (Å²) in [6.45, 7) is 0.913. The van der Waals surface area contributed by atoms with Gasteiger partial charge in [-0.3, -0.25) is 4.98 Å². The van der Waals surface area contributed by atoms with Gasteiger partial charge in [0.05, 0.1) is 5.52 Å². The molecular weight excluding hydrogens is 377 g/mol. The van der Waals surface area contributed by atoms with Crippen molar-refractivity contribution in [3.63, 3.8) is 0 Å². The zero-order chi connectivity index (χ0) is 17.8. The van der Waals surface area contributed by atoms with Gasteiger partial charge in [0.25, 0.3) is 0 Å². The van der Waals surface area contributed by atoms with Crippen LogP contribution in [-0.4, -0.2) is 17.1 Å². The van der Waals surface area contributed by atoms with E-state index in [0.717, 1.165) is 28.2 Å². The average molecular weight is 402 g/mol. The molecule has 1 fully saturated rings. The predicted molar refractivity (Wildman–Crippen MR) is 117 cm³/mol. The standard InChI is InChI=1S/C22H24ClN3.ClH/c23-17-10-11-18-19(12-13-24-22(18)14-17)26-21-9-5-4-8-20(21)25-15-16-6-2-1-3-7-16;/h1-3,6-7,10-14,20-21,25H,4-5,8-9,15H2,(H,24,26);1H/t20-,21-;/m0./s1. The van der Waals surface area contributed by atoms with E-state index in [9.17, 15) is 0 Å². The van der Waals surface area contributed by atoms with Gasteiger partial charge in [-0.2, -0.15) is 0 Å². The van der Waals surface area contributed by atoms with Gasteiger partial charge in [-0.25, -0.2) is 0 Å². The maximum atomic E-state index is 6.12. The molecule has 1 aromatic heterocycles. The van der Waals surface area contributed by atoms with E-state index in [1.807, 2.05) is 18.3 Å². The normalized spacial score (nSPS) is 19.4. The van der Waals surface area contributed by atoms with Crippen molar-refractivity contribution >= 4 is 40.6 Å². The topological polar surface area (TPSA) is 37.0 Å². The van der Waals surface area contributed by atoms with Crippen LogP contribution in [0.3, 0.4) is 0 Å². The molecule has 0 spiro atoms. The van der Waals surface area contributed by atoms with E-state index in [1.165, 1.54) is 31.2 Å². The van der Waals surface area contributed by atoms with Crippen molar-refractivity contribution in [3.8, 4) is 0 Å². The highest BCUT2D eigenvalue weighted by Crippen LogP contribution is 2.28. The van der Waals surface area contributed by atoms with E-state index in [4.69, 9.17) is 11.6 Å². The van der Waals surface area contributed by atoms with Gasteiger partial charge < -0.3 is 10.6 Å². The van der Waals surface area contributed by atoms with E-state index in [2.05, 4.69) is 58.1 Å². The highest BCUT2D eigenvalue weighted by atomic mass is 35.5. The highest BCUT2D eigenvalue weighted by molar-refractivity contribution is 6.31. The Morgan fingerprint density at radius 2 is 1.74 bits per heavy atom. The molecule has 0 radical (unpaired) electrons. The van der Waals surface area contributed by atoms with E-state index in [0.29, 0.717) is 12.1 Å². The second-order valence-electron chi connectivity index (χ2n) is 7.03. The molecule has 0 aliphatic heterocycles. The second kappa shape index (κ2) is 9.41. The maximum absolute atomic E-state index is 6.12. The number of aromatic nitrogens is 1. The smallest absolute Gasteiger partial charge is 0.0737 e. The number of fused-ring (bicyclic) bond motifs is 1. The number of pyridine rings is 1. The fourth-order valence-electron chi connectivity index (χ4n) is 3.84. The molecule has 1 heterocycles. The number of benzene rings is 2. The van der Waals surface area contributed by atoms with Crippen LogP contribution in [0.2, 0.25) is 5.02 Å². The largest absolute Gasteiger partial charge is 0.380 e. The van der Waals surface area contributed by atoms with Crippen LogP contribution in [0.25, 0.3) is 10.9 Å². The first-order valence-corrected chi connectivity index (χ1v) is 9.75. The summed E-state index contributed by atoms with van der Waals surface area (Å²) in [5.41, 5.74) is 3.41. The number of nitrogens with one attached hydrogen (secondary N) is 2. The molecule has 2 N–H and O–H groups in total. The third kappa shape index (κ3) is 4.92. The number of halogens is 2. The first-order chi connectivity index (χ1) is 12.8. The SMILES string of the molecule is Cl.Clc1ccc2c(N[C@H]3CCCC[C@@H]3NCc3ccccc3)ccnc2c1. The minimum Gasteiger partial charge on any atom is -0.380 e. The summed E-state index contributed by atoms with van der Waals surface area (Å²) in [5.74, 6) is 0. The Hall–Kier alpha value is -1.81. The van der Waals surface area contributed by atoms with Gasteiger partial charge in [0.15, 0.2) is 0 Å². The van der Waals surface area contributed by atoms with E-state index in [1.54, 1.807) is 0 Å². The maximum Gasteiger partial charge on any atom is 0.0737 e. The molecule has 0 amide bonds. The molecule has 0 unspecified atom stereocenters. The summed E-state index contributed by atoms with van der Waals surface area (Å²) < 4.78 is 0. The summed E-state index contributed by atoms with van der Waals surface area (Å²) in [6, 6.07) is 19.5. The Morgan fingerprint density at radius 1 is 0.963 bits per heavy atom. The first kappa shape index (κ1) is 19.9.